The number of hydrogen-bond donors (Lipinski definition) is 4. The zero-order valence-corrected chi connectivity index (χ0v) is 21.3. The predicted octanol–water partition coefficient (Wildman–Crippen LogP) is 3.34. The molecule has 1 unspecified atom stereocenters. The monoisotopic (exact) mass is 504 g/mol. The minimum absolute atomic E-state index is 0.0633. The van der Waals surface area contributed by atoms with Gasteiger partial charge in [0.2, 0.25) is 0 Å². The fourth-order valence-corrected chi connectivity index (χ4v) is 3.29. The van der Waals surface area contributed by atoms with E-state index in [2.05, 4.69) is 27.7 Å². The third kappa shape index (κ3) is 23.8. The SMILES string of the molecule is CC(C)CCCCCOC(=O)CC(C(=O)OCCCCCC(C)C)S(=O)(=O)O.OP(O)O. The Morgan fingerprint density at radius 2 is 1.19 bits per heavy atom. The second kappa shape index (κ2) is 19.6. The van der Waals surface area contributed by atoms with Crippen LogP contribution in [0.25, 0.3) is 0 Å². The van der Waals surface area contributed by atoms with Gasteiger partial charge in [-0.15, -0.1) is 0 Å². The summed E-state index contributed by atoms with van der Waals surface area (Å²) in [6, 6.07) is 0. The van der Waals surface area contributed by atoms with Gasteiger partial charge < -0.3 is 24.2 Å². The van der Waals surface area contributed by atoms with Crippen LogP contribution in [0.4, 0.5) is 0 Å². The number of ether oxygens (including phenoxy) is 2. The van der Waals surface area contributed by atoms with Gasteiger partial charge in [-0.2, -0.15) is 8.42 Å². The lowest BCUT2D eigenvalue weighted by molar-refractivity contribution is -0.150. The van der Waals surface area contributed by atoms with Crippen molar-refractivity contribution in [3.63, 3.8) is 0 Å². The largest absolute Gasteiger partial charge is 0.466 e. The smallest absolute Gasteiger partial charge is 0.327 e. The van der Waals surface area contributed by atoms with Crippen LogP contribution in [0.3, 0.4) is 0 Å². The van der Waals surface area contributed by atoms with Crippen LogP contribution in [-0.2, 0) is 29.2 Å². The molecule has 0 aromatic heterocycles. The maximum atomic E-state index is 12.0. The van der Waals surface area contributed by atoms with Crippen molar-refractivity contribution in [1.29, 1.82) is 0 Å². The van der Waals surface area contributed by atoms with Gasteiger partial charge >= 0.3 is 20.5 Å². The summed E-state index contributed by atoms with van der Waals surface area (Å²) in [6.45, 7) is 8.76. The molecule has 0 aliphatic rings. The number of carbonyl (C=O) groups excluding carboxylic acids is 2. The van der Waals surface area contributed by atoms with Crippen LogP contribution in [0.1, 0.15) is 85.5 Å². The molecule has 32 heavy (non-hydrogen) atoms. The second-order valence-electron chi connectivity index (χ2n) is 8.35. The Hall–Kier alpha value is -0.840. The molecule has 192 valence electrons. The molecule has 12 heteroatoms. The minimum Gasteiger partial charge on any atom is -0.466 e. The third-order valence-corrected chi connectivity index (χ3v) is 5.41. The van der Waals surface area contributed by atoms with Gasteiger partial charge in [-0.1, -0.05) is 66.2 Å². The molecule has 0 aliphatic heterocycles. The van der Waals surface area contributed by atoms with Gasteiger partial charge in [0.15, 0.2) is 5.25 Å². The Morgan fingerprint density at radius 3 is 1.56 bits per heavy atom. The van der Waals surface area contributed by atoms with Crippen LogP contribution in [0.2, 0.25) is 0 Å². The number of esters is 2. The molecule has 10 nitrogen and oxygen atoms in total. The summed E-state index contributed by atoms with van der Waals surface area (Å²) < 4.78 is 42.1. The zero-order valence-electron chi connectivity index (χ0n) is 19.6. The summed E-state index contributed by atoms with van der Waals surface area (Å²) in [5.74, 6) is -0.715. The van der Waals surface area contributed by atoms with Crippen molar-refractivity contribution in [2.45, 2.75) is 90.7 Å². The van der Waals surface area contributed by atoms with Gasteiger partial charge in [0.1, 0.15) is 0 Å². The fraction of sp³-hybridized carbons (Fsp3) is 0.900. The fourth-order valence-electron chi connectivity index (χ4n) is 2.64. The molecule has 0 rings (SSSR count). The number of unbranched alkanes of at least 4 members (excludes halogenated alkanes) is 4. The Labute approximate surface area is 193 Å². The highest BCUT2D eigenvalue weighted by atomic mass is 32.2. The molecule has 0 bridgehead atoms. The zero-order chi connectivity index (χ0) is 25.2. The standard InChI is InChI=1S/C20H38O7S.H3O3P/c1-16(2)11-7-5-9-13-26-19(21)15-18(28(23,24)25)20(22)27-14-10-6-8-12-17(3)4;1-4(2)3/h16-18H,5-15H2,1-4H3,(H,23,24,25);1-3H. The van der Waals surface area contributed by atoms with Crippen molar-refractivity contribution in [3.05, 3.63) is 0 Å². The highest BCUT2D eigenvalue weighted by molar-refractivity contribution is 7.87. The average molecular weight is 505 g/mol. The first-order chi connectivity index (χ1) is 14.8. The van der Waals surface area contributed by atoms with Crippen LogP contribution in [0, 0.1) is 11.8 Å². The van der Waals surface area contributed by atoms with Crippen molar-refractivity contribution < 1.29 is 46.7 Å². The van der Waals surface area contributed by atoms with E-state index in [0.29, 0.717) is 24.7 Å². The van der Waals surface area contributed by atoms with Gasteiger partial charge in [0, 0.05) is 0 Å². The van der Waals surface area contributed by atoms with E-state index < -0.39 is 42.3 Å². The molecule has 0 spiro atoms. The molecular formula is C20H41O10PS. The predicted molar refractivity (Wildman–Crippen MR) is 122 cm³/mol. The lowest BCUT2D eigenvalue weighted by atomic mass is 10.1. The first-order valence-electron chi connectivity index (χ1n) is 10.9. The van der Waals surface area contributed by atoms with E-state index in [9.17, 15) is 22.6 Å². The van der Waals surface area contributed by atoms with Crippen molar-refractivity contribution in [2.75, 3.05) is 13.2 Å². The van der Waals surface area contributed by atoms with Gasteiger partial charge in [-0.25, -0.2) is 0 Å². The molecule has 0 saturated heterocycles. The lowest BCUT2D eigenvalue weighted by Gasteiger charge is -2.13. The maximum Gasteiger partial charge on any atom is 0.327 e. The van der Waals surface area contributed by atoms with Crippen molar-refractivity contribution in [3.8, 4) is 0 Å². The molecule has 0 fully saturated rings. The quantitative estimate of drug-likeness (QED) is 0.106. The van der Waals surface area contributed by atoms with E-state index in [-0.39, 0.29) is 13.2 Å². The van der Waals surface area contributed by atoms with Crippen molar-refractivity contribution in [2.24, 2.45) is 11.8 Å². The molecule has 0 aromatic carbocycles. The normalized spacial score (nSPS) is 12.5. The van der Waals surface area contributed by atoms with E-state index in [1.807, 2.05) is 0 Å². The van der Waals surface area contributed by atoms with Crippen LogP contribution >= 0.6 is 8.60 Å². The van der Waals surface area contributed by atoms with E-state index in [1.165, 1.54) is 0 Å². The van der Waals surface area contributed by atoms with Crippen LogP contribution in [-0.4, -0.2) is 58.1 Å². The van der Waals surface area contributed by atoms with Crippen LogP contribution < -0.4 is 0 Å². The van der Waals surface area contributed by atoms with Crippen molar-refractivity contribution in [1.82, 2.24) is 0 Å². The summed E-state index contributed by atoms with van der Waals surface area (Å²) in [5.41, 5.74) is 0. The molecular weight excluding hydrogens is 463 g/mol. The highest BCUT2D eigenvalue weighted by Gasteiger charge is 2.35. The van der Waals surface area contributed by atoms with E-state index in [4.69, 9.17) is 24.2 Å². The molecule has 0 heterocycles. The number of carbonyl (C=O) groups is 2. The van der Waals surface area contributed by atoms with Gasteiger partial charge in [-0.05, 0) is 24.7 Å². The van der Waals surface area contributed by atoms with E-state index >= 15 is 0 Å². The second-order valence-corrected chi connectivity index (χ2v) is 10.5. The van der Waals surface area contributed by atoms with E-state index in [1.54, 1.807) is 0 Å². The van der Waals surface area contributed by atoms with Gasteiger partial charge in [0.25, 0.3) is 10.1 Å². The Bertz CT molecular complexity index is 590. The van der Waals surface area contributed by atoms with Crippen molar-refractivity contribution >= 4 is 30.7 Å². The summed E-state index contributed by atoms with van der Waals surface area (Å²) in [5, 5.41) is -1.93. The first kappa shape index (κ1) is 33.3. The number of rotatable bonds is 16. The van der Waals surface area contributed by atoms with Crippen LogP contribution in [0.5, 0.6) is 0 Å². The lowest BCUT2D eigenvalue weighted by Crippen LogP contribution is -2.34. The molecule has 1 atom stereocenters. The summed E-state index contributed by atoms with van der Waals surface area (Å²) >= 11 is 0. The van der Waals surface area contributed by atoms with Crippen LogP contribution in [0.15, 0.2) is 0 Å². The first-order valence-corrected chi connectivity index (χ1v) is 13.6. The molecule has 0 aliphatic carbocycles. The minimum atomic E-state index is -4.74. The summed E-state index contributed by atoms with van der Waals surface area (Å²) in [4.78, 5) is 45.5. The third-order valence-electron chi connectivity index (χ3n) is 4.33. The number of hydrogen-bond acceptors (Lipinski definition) is 9. The molecule has 0 saturated carbocycles. The Balaban J connectivity index is 0. The molecule has 0 amide bonds. The average Bonchev–Trinajstić information content (AvgIpc) is 2.63. The summed E-state index contributed by atoms with van der Waals surface area (Å²) in [7, 11) is -7.36. The Morgan fingerprint density at radius 1 is 0.781 bits per heavy atom. The molecule has 0 radical (unpaired) electrons. The summed E-state index contributed by atoms with van der Waals surface area (Å²) in [6.07, 6.45) is 6.52. The van der Waals surface area contributed by atoms with E-state index in [0.717, 1.165) is 38.5 Å². The molecule has 0 aromatic rings. The Kier molecular flexibility index (Phi) is 20.4. The van der Waals surface area contributed by atoms with Gasteiger partial charge in [-0.3, -0.25) is 14.1 Å². The van der Waals surface area contributed by atoms with Gasteiger partial charge in [0.05, 0.1) is 19.6 Å². The maximum absolute atomic E-state index is 12.0. The highest BCUT2D eigenvalue weighted by Crippen LogP contribution is 2.13. The topological polar surface area (TPSA) is 168 Å². The molecule has 4 N–H and O–H groups in total.